The van der Waals surface area contributed by atoms with Crippen LogP contribution in [-0.4, -0.2) is 20.5 Å². The lowest BCUT2D eigenvalue weighted by molar-refractivity contribution is 0.103. The molecule has 2 aromatic rings. The zero-order valence-electron chi connectivity index (χ0n) is 9.30. The first-order valence-electron chi connectivity index (χ1n) is 5.20. The van der Waals surface area contributed by atoms with Crippen LogP contribution in [0.5, 0.6) is 0 Å². The third-order valence-corrected chi connectivity index (χ3v) is 3.26. The molecule has 0 aliphatic heterocycles. The van der Waals surface area contributed by atoms with Gasteiger partial charge in [-0.25, -0.2) is 4.98 Å². The minimum atomic E-state index is 0.0194. The minimum absolute atomic E-state index is 0.0194. The van der Waals surface area contributed by atoms with Crippen LogP contribution >= 0.6 is 11.3 Å². The van der Waals surface area contributed by atoms with E-state index in [0.29, 0.717) is 10.6 Å². The summed E-state index contributed by atoms with van der Waals surface area (Å²) in [6.45, 7) is 4.68. The normalized spacial score (nSPS) is 10.6. The molecule has 4 nitrogen and oxygen atoms in total. The van der Waals surface area contributed by atoms with Crippen molar-refractivity contribution in [1.82, 2.24) is 14.8 Å². The molecular formula is C11H13N3OS. The molecule has 0 unspecified atom stereocenters. The molecule has 2 heterocycles. The van der Waals surface area contributed by atoms with Crippen molar-refractivity contribution in [3.05, 3.63) is 34.0 Å². The van der Waals surface area contributed by atoms with E-state index in [1.807, 2.05) is 6.92 Å². The third kappa shape index (κ3) is 1.90. The number of thiazole rings is 1. The smallest absolute Gasteiger partial charge is 0.222 e. The van der Waals surface area contributed by atoms with Crippen LogP contribution < -0.4 is 0 Å². The summed E-state index contributed by atoms with van der Waals surface area (Å²) in [4.78, 5) is 17.0. The predicted octanol–water partition coefficient (Wildman–Crippen LogP) is 2.29. The monoisotopic (exact) mass is 235 g/mol. The molecule has 0 fully saturated rings. The van der Waals surface area contributed by atoms with E-state index >= 15 is 0 Å². The van der Waals surface area contributed by atoms with Crippen LogP contribution in [0.1, 0.15) is 34.4 Å². The third-order valence-electron chi connectivity index (χ3n) is 2.34. The molecule has 0 aliphatic carbocycles. The Kier molecular flexibility index (Phi) is 3.14. The highest BCUT2D eigenvalue weighted by Gasteiger charge is 2.17. The van der Waals surface area contributed by atoms with Crippen LogP contribution in [0.3, 0.4) is 0 Å². The maximum absolute atomic E-state index is 12.2. The molecule has 0 N–H and O–H groups in total. The molecule has 0 amide bonds. The molecule has 0 aromatic carbocycles. The zero-order chi connectivity index (χ0) is 11.5. The lowest BCUT2D eigenvalue weighted by atomic mass is 10.2. The van der Waals surface area contributed by atoms with Gasteiger partial charge in [0.05, 0.1) is 16.1 Å². The molecule has 0 aliphatic rings. The lowest BCUT2D eigenvalue weighted by Gasteiger charge is -2.03. The average Bonchev–Trinajstić information content (AvgIpc) is 2.87. The second kappa shape index (κ2) is 4.57. The van der Waals surface area contributed by atoms with Crippen molar-refractivity contribution in [3.8, 4) is 0 Å². The number of carbonyl (C=O) groups excluding carboxylic acids is 1. The van der Waals surface area contributed by atoms with Gasteiger partial charge in [-0.15, -0.1) is 11.3 Å². The number of carbonyl (C=O) groups is 1. The van der Waals surface area contributed by atoms with Gasteiger partial charge in [0, 0.05) is 12.7 Å². The number of aromatic nitrogens is 3. The topological polar surface area (TPSA) is 47.8 Å². The molecule has 84 valence electrons. The Morgan fingerprint density at radius 3 is 3.00 bits per heavy atom. The van der Waals surface area contributed by atoms with E-state index in [1.165, 1.54) is 11.3 Å². The van der Waals surface area contributed by atoms with E-state index in [9.17, 15) is 4.79 Å². The van der Waals surface area contributed by atoms with E-state index in [2.05, 4.69) is 17.0 Å². The highest BCUT2D eigenvalue weighted by Crippen LogP contribution is 2.17. The van der Waals surface area contributed by atoms with Gasteiger partial charge >= 0.3 is 0 Å². The summed E-state index contributed by atoms with van der Waals surface area (Å²) < 4.78 is 1.75. The van der Waals surface area contributed by atoms with Gasteiger partial charge in [0.25, 0.3) is 0 Å². The van der Waals surface area contributed by atoms with Crippen molar-refractivity contribution in [2.75, 3.05) is 0 Å². The van der Waals surface area contributed by atoms with Gasteiger partial charge in [0.2, 0.25) is 5.78 Å². The fourth-order valence-electron chi connectivity index (χ4n) is 1.55. The number of rotatable bonds is 4. The van der Waals surface area contributed by atoms with Crippen molar-refractivity contribution in [2.24, 2.45) is 0 Å². The van der Waals surface area contributed by atoms with Gasteiger partial charge in [0.1, 0.15) is 5.69 Å². The summed E-state index contributed by atoms with van der Waals surface area (Å²) in [5.74, 6) is 0.0194. The molecule has 5 heteroatoms. The average molecular weight is 235 g/mol. The fourth-order valence-corrected chi connectivity index (χ4v) is 2.30. The van der Waals surface area contributed by atoms with Crippen molar-refractivity contribution in [1.29, 1.82) is 0 Å². The number of aryl methyl sites for hydroxylation is 2. The highest BCUT2D eigenvalue weighted by atomic mass is 32.1. The molecule has 0 saturated heterocycles. The number of nitrogens with zero attached hydrogens (tertiary/aromatic N) is 3. The molecule has 2 rings (SSSR count). The maximum atomic E-state index is 12.2. The molecule has 0 atom stereocenters. The largest absolute Gasteiger partial charge is 0.286 e. The first-order chi connectivity index (χ1) is 7.74. The summed E-state index contributed by atoms with van der Waals surface area (Å²) >= 11 is 1.38. The van der Waals surface area contributed by atoms with Gasteiger partial charge in [-0.2, -0.15) is 5.10 Å². The second-order valence-electron chi connectivity index (χ2n) is 3.54. The standard InChI is InChI=1S/C11H13N3OS/c1-3-6-14-9(4-5-13-14)10(15)11-8(2)12-7-16-11/h4-5,7H,3,6H2,1-2H3. The van der Waals surface area contributed by atoms with E-state index in [1.54, 1.807) is 22.5 Å². The van der Waals surface area contributed by atoms with Crippen molar-refractivity contribution in [2.45, 2.75) is 26.8 Å². The number of hydrogen-bond acceptors (Lipinski definition) is 4. The predicted molar refractivity (Wildman–Crippen MR) is 62.8 cm³/mol. The van der Waals surface area contributed by atoms with Crippen molar-refractivity contribution in [3.63, 3.8) is 0 Å². The van der Waals surface area contributed by atoms with Gasteiger partial charge in [-0.1, -0.05) is 6.92 Å². The van der Waals surface area contributed by atoms with Crippen molar-refractivity contribution < 1.29 is 4.79 Å². The van der Waals surface area contributed by atoms with Crippen molar-refractivity contribution >= 4 is 17.1 Å². The van der Waals surface area contributed by atoms with Gasteiger partial charge in [-0.3, -0.25) is 9.48 Å². The van der Waals surface area contributed by atoms with Gasteiger partial charge < -0.3 is 0 Å². The van der Waals surface area contributed by atoms with Gasteiger partial charge in [-0.05, 0) is 19.4 Å². The lowest BCUT2D eigenvalue weighted by Crippen LogP contribution is -2.11. The molecule has 16 heavy (non-hydrogen) atoms. The molecule has 0 saturated carbocycles. The Labute approximate surface area is 97.9 Å². The van der Waals surface area contributed by atoms with E-state index in [4.69, 9.17) is 0 Å². The minimum Gasteiger partial charge on any atom is -0.286 e. The van der Waals surface area contributed by atoms with Crippen LogP contribution in [0.2, 0.25) is 0 Å². The Morgan fingerprint density at radius 1 is 1.56 bits per heavy atom. The summed E-state index contributed by atoms with van der Waals surface area (Å²) in [7, 11) is 0. The Morgan fingerprint density at radius 2 is 2.38 bits per heavy atom. The SMILES string of the molecule is CCCn1nccc1C(=O)c1scnc1C. The quantitative estimate of drug-likeness (QED) is 0.764. The molecular weight excluding hydrogens is 222 g/mol. The number of hydrogen-bond donors (Lipinski definition) is 0. The second-order valence-corrected chi connectivity index (χ2v) is 4.39. The van der Waals surface area contributed by atoms with Gasteiger partial charge in [0.15, 0.2) is 0 Å². The Balaban J connectivity index is 2.34. The maximum Gasteiger partial charge on any atom is 0.222 e. The molecule has 0 bridgehead atoms. The molecule has 2 aromatic heterocycles. The molecule has 0 radical (unpaired) electrons. The first-order valence-corrected chi connectivity index (χ1v) is 6.08. The van der Waals surface area contributed by atoms with Crippen LogP contribution in [-0.2, 0) is 6.54 Å². The summed E-state index contributed by atoms with van der Waals surface area (Å²) in [5, 5.41) is 4.15. The van der Waals surface area contributed by atoms with Crippen LogP contribution in [0, 0.1) is 6.92 Å². The summed E-state index contributed by atoms with van der Waals surface area (Å²) in [6, 6.07) is 1.76. The summed E-state index contributed by atoms with van der Waals surface area (Å²) in [5.41, 5.74) is 3.14. The Hall–Kier alpha value is -1.49. The van der Waals surface area contributed by atoms with Crippen LogP contribution in [0.4, 0.5) is 0 Å². The van der Waals surface area contributed by atoms with E-state index in [0.717, 1.165) is 18.7 Å². The van der Waals surface area contributed by atoms with Crippen LogP contribution in [0.25, 0.3) is 0 Å². The Bertz CT molecular complexity index is 501. The first kappa shape index (κ1) is 11.0. The summed E-state index contributed by atoms with van der Waals surface area (Å²) in [6.07, 6.45) is 2.63. The van der Waals surface area contributed by atoms with E-state index in [-0.39, 0.29) is 5.78 Å². The highest BCUT2D eigenvalue weighted by molar-refractivity contribution is 7.12. The fraction of sp³-hybridized carbons (Fsp3) is 0.364. The molecule has 0 spiro atoms. The zero-order valence-corrected chi connectivity index (χ0v) is 10.1. The van der Waals surface area contributed by atoms with Crippen LogP contribution in [0.15, 0.2) is 17.8 Å². The number of ketones is 1. The van der Waals surface area contributed by atoms with E-state index < -0.39 is 0 Å².